The van der Waals surface area contributed by atoms with Gasteiger partial charge in [-0.1, -0.05) is 20.8 Å². The highest BCUT2D eigenvalue weighted by molar-refractivity contribution is 5.89. The van der Waals surface area contributed by atoms with Crippen LogP contribution in [-0.4, -0.2) is 55.9 Å². The largest absolute Gasteiger partial charge is 0.393 e. The molecule has 4 saturated carbocycles. The molecule has 0 saturated heterocycles. The summed E-state index contributed by atoms with van der Waals surface area (Å²) < 4.78 is 0. The van der Waals surface area contributed by atoms with Crippen LogP contribution in [0.15, 0.2) is 0 Å². The third-order valence-electron chi connectivity index (χ3n) is 9.77. The summed E-state index contributed by atoms with van der Waals surface area (Å²) in [5, 5.41) is 43.6. The molecule has 0 aromatic carbocycles. The Balaban J connectivity index is 1.77. The fraction of sp³-hybridized carbons (Fsp3) is 0.909. The maximum atomic E-state index is 12.4. The Morgan fingerprint density at radius 3 is 2.50 bits per heavy atom. The maximum Gasteiger partial charge on any atom is 0.190 e. The van der Waals surface area contributed by atoms with E-state index in [1.165, 1.54) is 0 Å². The molecule has 0 aromatic rings. The van der Waals surface area contributed by atoms with Crippen molar-refractivity contribution in [3.05, 3.63) is 0 Å². The average Bonchev–Trinajstić information content (AvgIpc) is 2.89. The Morgan fingerprint density at radius 2 is 1.86 bits per heavy atom. The van der Waals surface area contributed by atoms with Gasteiger partial charge in [-0.2, -0.15) is 0 Å². The SMILES string of the molecule is C[C@@H]1CC2C3CC[C@](O)(C(=O)CO)[C@@]3(C)C[C@H](O)C2[C@@]2(C)CCC(=O)C[C@]12O. The molecule has 0 aliphatic heterocycles. The molecule has 9 atom stereocenters. The lowest BCUT2D eigenvalue weighted by molar-refractivity contribution is -0.257. The Kier molecular flexibility index (Phi) is 4.45. The number of ketones is 2. The van der Waals surface area contributed by atoms with Crippen molar-refractivity contribution in [2.45, 2.75) is 83.0 Å². The Bertz CT molecular complexity index is 707. The normalized spacial score (nSPS) is 56.0. The van der Waals surface area contributed by atoms with E-state index < -0.39 is 40.5 Å². The number of rotatable bonds is 2. The van der Waals surface area contributed by atoms with E-state index >= 15 is 0 Å². The minimum atomic E-state index is -1.61. The lowest BCUT2D eigenvalue weighted by atomic mass is 9.40. The molecule has 6 heteroatoms. The van der Waals surface area contributed by atoms with Crippen LogP contribution in [0.5, 0.6) is 0 Å². The molecule has 3 unspecified atom stereocenters. The van der Waals surface area contributed by atoms with Crippen LogP contribution in [-0.2, 0) is 9.59 Å². The number of hydrogen-bond donors (Lipinski definition) is 4. The van der Waals surface area contributed by atoms with Crippen LogP contribution < -0.4 is 0 Å². The van der Waals surface area contributed by atoms with E-state index in [2.05, 4.69) is 0 Å². The van der Waals surface area contributed by atoms with E-state index in [4.69, 9.17) is 0 Å². The fourth-order valence-corrected chi connectivity index (χ4v) is 8.18. The quantitative estimate of drug-likeness (QED) is 0.560. The highest BCUT2D eigenvalue weighted by Gasteiger charge is 2.72. The average molecular weight is 395 g/mol. The topological polar surface area (TPSA) is 115 Å². The summed E-state index contributed by atoms with van der Waals surface area (Å²) in [7, 11) is 0. The van der Waals surface area contributed by atoms with Crippen LogP contribution in [0.25, 0.3) is 0 Å². The van der Waals surface area contributed by atoms with E-state index in [0.717, 1.165) is 0 Å². The molecule has 4 fully saturated rings. The summed E-state index contributed by atoms with van der Waals surface area (Å²) in [6, 6.07) is 0. The number of Topliss-reactive ketones (excluding diaryl/α,β-unsaturated/α-hetero) is 2. The number of aliphatic hydroxyl groups is 4. The van der Waals surface area contributed by atoms with Gasteiger partial charge in [0.05, 0.1) is 11.7 Å². The van der Waals surface area contributed by atoms with Gasteiger partial charge >= 0.3 is 0 Å². The van der Waals surface area contributed by atoms with Crippen molar-refractivity contribution in [2.24, 2.45) is 34.5 Å². The van der Waals surface area contributed by atoms with E-state index in [9.17, 15) is 30.0 Å². The van der Waals surface area contributed by atoms with Crippen molar-refractivity contribution in [3.8, 4) is 0 Å². The highest BCUT2D eigenvalue weighted by Crippen LogP contribution is 2.69. The van der Waals surface area contributed by atoms with E-state index in [1.807, 2.05) is 20.8 Å². The minimum absolute atomic E-state index is 0.0443. The van der Waals surface area contributed by atoms with Crippen LogP contribution in [0, 0.1) is 34.5 Å². The molecule has 4 aliphatic rings. The molecule has 0 bridgehead atoms. The molecule has 4 aliphatic carbocycles. The van der Waals surface area contributed by atoms with E-state index in [1.54, 1.807) is 0 Å². The van der Waals surface area contributed by atoms with Crippen LogP contribution in [0.3, 0.4) is 0 Å². The lowest BCUT2D eigenvalue weighted by Gasteiger charge is -2.66. The number of hydrogen-bond acceptors (Lipinski definition) is 6. The summed E-state index contributed by atoms with van der Waals surface area (Å²) in [5.41, 5.74) is -4.08. The highest BCUT2D eigenvalue weighted by atomic mass is 16.3. The number of aliphatic hydroxyl groups excluding tert-OH is 2. The van der Waals surface area contributed by atoms with Gasteiger partial charge in [0.2, 0.25) is 0 Å². The second-order valence-corrected chi connectivity index (χ2v) is 10.7. The van der Waals surface area contributed by atoms with Gasteiger partial charge in [0.1, 0.15) is 18.0 Å². The van der Waals surface area contributed by atoms with E-state index in [0.29, 0.717) is 32.1 Å². The standard InChI is InChI=1S/C22H34O6/c1-12-8-14-15-5-7-21(27,17(26)11-23)20(15,3)10-16(25)18(14)19(2)6-4-13(24)9-22(12,19)28/h12,14-16,18,23,25,27-28H,4-11H2,1-3H3/t12-,14?,15?,16+,18?,19-,20+,21+,22+/m1/s1. The second-order valence-electron chi connectivity index (χ2n) is 10.7. The van der Waals surface area contributed by atoms with Crippen molar-refractivity contribution in [2.75, 3.05) is 6.61 Å². The third-order valence-corrected chi connectivity index (χ3v) is 9.77. The van der Waals surface area contributed by atoms with Crippen LogP contribution in [0.4, 0.5) is 0 Å². The maximum absolute atomic E-state index is 12.4. The monoisotopic (exact) mass is 394 g/mol. The zero-order valence-corrected chi connectivity index (χ0v) is 17.1. The van der Waals surface area contributed by atoms with Crippen molar-refractivity contribution < 1.29 is 30.0 Å². The molecule has 0 amide bonds. The summed E-state index contributed by atoms with van der Waals surface area (Å²) >= 11 is 0. The van der Waals surface area contributed by atoms with Gasteiger partial charge in [0, 0.05) is 23.7 Å². The minimum Gasteiger partial charge on any atom is -0.393 e. The van der Waals surface area contributed by atoms with Gasteiger partial charge in [0.15, 0.2) is 5.78 Å². The first-order valence-corrected chi connectivity index (χ1v) is 10.7. The van der Waals surface area contributed by atoms with Gasteiger partial charge in [-0.15, -0.1) is 0 Å². The molecule has 6 nitrogen and oxygen atoms in total. The Labute approximate surface area is 166 Å². The van der Waals surface area contributed by atoms with Gasteiger partial charge in [-0.05, 0) is 55.8 Å². The van der Waals surface area contributed by atoms with Crippen molar-refractivity contribution in [1.29, 1.82) is 0 Å². The Morgan fingerprint density at radius 1 is 1.18 bits per heavy atom. The van der Waals surface area contributed by atoms with Gasteiger partial charge < -0.3 is 20.4 Å². The number of fused-ring (bicyclic) bond motifs is 5. The molecule has 0 heterocycles. The zero-order chi connectivity index (χ0) is 20.7. The molecular formula is C22H34O6. The molecule has 0 aromatic heterocycles. The van der Waals surface area contributed by atoms with Gasteiger partial charge in [-0.25, -0.2) is 0 Å². The van der Waals surface area contributed by atoms with Crippen molar-refractivity contribution >= 4 is 11.6 Å². The fourth-order valence-electron chi connectivity index (χ4n) is 8.18. The predicted molar refractivity (Wildman–Crippen MR) is 101 cm³/mol. The summed E-state index contributed by atoms with van der Waals surface area (Å²) in [4.78, 5) is 24.6. The number of carbonyl (C=O) groups excluding carboxylic acids is 2. The van der Waals surface area contributed by atoms with Gasteiger partial charge in [0.25, 0.3) is 0 Å². The first-order chi connectivity index (χ1) is 12.9. The van der Waals surface area contributed by atoms with Crippen molar-refractivity contribution in [3.63, 3.8) is 0 Å². The van der Waals surface area contributed by atoms with Crippen LogP contribution >= 0.6 is 0 Å². The molecule has 0 spiro atoms. The molecule has 0 radical (unpaired) electrons. The molecule has 4 rings (SSSR count). The molecule has 4 N–H and O–H groups in total. The number of carbonyl (C=O) groups is 2. The summed E-state index contributed by atoms with van der Waals surface area (Å²) in [5.74, 6) is -0.612. The third kappa shape index (κ3) is 2.23. The van der Waals surface area contributed by atoms with Crippen LogP contribution in [0.1, 0.15) is 65.7 Å². The Hall–Kier alpha value is -0.820. The molecule has 28 heavy (non-hydrogen) atoms. The van der Waals surface area contributed by atoms with Gasteiger partial charge in [-0.3, -0.25) is 9.59 Å². The predicted octanol–water partition coefficient (Wildman–Crippen LogP) is 1.22. The lowest BCUT2D eigenvalue weighted by Crippen LogP contribution is -2.69. The smallest absolute Gasteiger partial charge is 0.190 e. The first-order valence-electron chi connectivity index (χ1n) is 10.7. The molecular weight excluding hydrogens is 360 g/mol. The molecule has 158 valence electrons. The first kappa shape index (κ1) is 20.5. The van der Waals surface area contributed by atoms with Crippen LogP contribution in [0.2, 0.25) is 0 Å². The zero-order valence-electron chi connectivity index (χ0n) is 17.1. The summed E-state index contributed by atoms with van der Waals surface area (Å²) in [6.07, 6.45) is 2.30. The summed E-state index contributed by atoms with van der Waals surface area (Å²) in [6.45, 7) is 5.21. The van der Waals surface area contributed by atoms with Crippen molar-refractivity contribution in [1.82, 2.24) is 0 Å². The second kappa shape index (κ2) is 6.10. The van der Waals surface area contributed by atoms with E-state index in [-0.39, 0.29) is 42.3 Å².